The van der Waals surface area contributed by atoms with E-state index >= 15 is 0 Å². The van der Waals surface area contributed by atoms with E-state index in [0.29, 0.717) is 34.1 Å². The summed E-state index contributed by atoms with van der Waals surface area (Å²) >= 11 is 12.3. The number of carbonyl (C=O) groups is 1. The van der Waals surface area contributed by atoms with Gasteiger partial charge in [-0.1, -0.05) is 29.3 Å². The molecule has 12 heteroatoms. The number of hydrogen-bond donors (Lipinski definition) is 2. The number of benzene rings is 1. The van der Waals surface area contributed by atoms with Crippen LogP contribution in [0.3, 0.4) is 0 Å². The van der Waals surface area contributed by atoms with E-state index in [4.69, 9.17) is 23.2 Å². The highest BCUT2D eigenvalue weighted by molar-refractivity contribution is 6.36. The average Bonchev–Trinajstić information content (AvgIpc) is 3.23. The van der Waals surface area contributed by atoms with Gasteiger partial charge in [-0.15, -0.1) is 0 Å². The van der Waals surface area contributed by atoms with Gasteiger partial charge in [-0.05, 0) is 31.0 Å². The van der Waals surface area contributed by atoms with Crippen molar-refractivity contribution < 1.29 is 18.3 Å². The second kappa shape index (κ2) is 9.55. The lowest BCUT2D eigenvalue weighted by atomic mass is 10.2. The molecule has 1 amide bonds. The molecule has 0 saturated carbocycles. The van der Waals surface area contributed by atoms with Crippen LogP contribution >= 0.6 is 23.2 Å². The summed E-state index contributed by atoms with van der Waals surface area (Å²) in [4.78, 5) is 29.8. The Balaban J connectivity index is 1.50. The SMILES string of the molecule is O=C(NCc1c(Cl)cccc1Cl)C1CCc2cnc(NCC(F)(F)c3cccc[n+]3[O-])c(=O)n21. The summed E-state index contributed by atoms with van der Waals surface area (Å²) in [6, 6.07) is 7.79. The first-order valence-corrected chi connectivity index (χ1v) is 11.1. The Labute approximate surface area is 202 Å². The number of amides is 1. The number of aromatic nitrogens is 3. The monoisotopic (exact) mass is 509 g/mol. The maximum atomic E-state index is 14.5. The molecular weight excluding hydrogens is 491 g/mol. The first kappa shape index (κ1) is 23.9. The van der Waals surface area contributed by atoms with E-state index in [-0.39, 0.29) is 17.1 Å². The van der Waals surface area contributed by atoms with Crippen molar-refractivity contribution in [3.8, 4) is 0 Å². The molecule has 0 spiro atoms. The van der Waals surface area contributed by atoms with Crippen molar-refractivity contribution in [3.05, 3.63) is 91.3 Å². The predicted octanol–water partition coefficient (Wildman–Crippen LogP) is 3.19. The van der Waals surface area contributed by atoms with Crippen LogP contribution in [0, 0.1) is 5.21 Å². The molecule has 1 unspecified atom stereocenters. The van der Waals surface area contributed by atoms with Crippen LogP contribution in [-0.4, -0.2) is 22.0 Å². The van der Waals surface area contributed by atoms with Gasteiger partial charge in [0, 0.05) is 46.2 Å². The number of hydrogen-bond acceptors (Lipinski definition) is 5. The maximum absolute atomic E-state index is 14.5. The van der Waals surface area contributed by atoms with E-state index < -0.39 is 35.7 Å². The Kier molecular flexibility index (Phi) is 6.72. The van der Waals surface area contributed by atoms with E-state index in [0.717, 1.165) is 12.3 Å². The Morgan fingerprint density at radius 1 is 1.24 bits per heavy atom. The van der Waals surface area contributed by atoms with Crippen molar-refractivity contribution in [3.63, 3.8) is 0 Å². The number of rotatable bonds is 7. The lowest BCUT2D eigenvalue weighted by molar-refractivity contribution is -0.624. The van der Waals surface area contributed by atoms with Crippen LogP contribution in [0.4, 0.5) is 14.6 Å². The molecule has 1 aliphatic heterocycles. The van der Waals surface area contributed by atoms with Gasteiger partial charge in [-0.2, -0.15) is 13.5 Å². The van der Waals surface area contributed by atoms with Gasteiger partial charge in [0.15, 0.2) is 12.0 Å². The van der Waals surface area contributed by atoms with Crippen molar-refractivity contribution in [2.45, 2.75) is 31.4 Å². The third-order valence-electron chi connectivity index (χ3n) is 5.54. The Morgan fingerprint density at radius 2 is 1.97 bits per heavy atom. The molecule has 0 saturated heterocycles. The number of anilines is 1. The number of aryl methyl sites for hydroxylation is 1. The minimum atomic E-state index is -3.56. The second-order valence-electron chi connectivity index (χ2n) is 7.72. The molecule has 178 valence electrons. The number of pyridine rings is 1. The number of alkyl halides is 2. The van der Waals surface area contributed by atoms with Crippen molar-refractivity contribution in [1.29, 1.82) is 0 Å². The fourth-order valence-corrected chi connectivity index (χ4v) is 4.33. The molecule has 1 aromatic carbocycles. The average molecular weight is 510 g/mol. The molecule has 34 heavy (non-hydrogen) atoms. The van der Waals surface area contributed by atoms with Crippen molar-refractivity contribution in [2.24, 2.45) is 0 Å². The van der Waals surface area contributed by atoms with Gasteiger partial charge in [-0.3, -0.25) is 14.2 Å². The van der Waals surface area contributed by atoms with E-state index in [1.165, 1.54) is 22.9 Å². The number of fused-ring (bicyclic) bond motifs is 1. The van der Waals surface area contributed by atoms with Gasteiger partial charge in [-0.25, -0.2) is 4.98 Å². The van der Waals surface area contributed by atoms with Crippen LogP contribution < -0.4 is 20.9 Å². The highest BCUT2D eigenvalue weighted by atomic mass is 35.5. The molecule has 3 aromatic rings. The fraction of sp³-hybridized carbons (Fsp3) is 0.273. The summed E-state index contributed by atoms with van der Waals surface area (Å²) in [7, 11) is 0. The van der Waals surface area contributed by atoms with Crippen LogP contribution in [0.1, 0.15) is 29.4 Å². The van der Waals surface area contributed by atoms with Crippen LogP contribution in [-0.2, 0) is 23.7 Å². The van der Waals surface area contributed by atoms with E-state index in [1.807, 2.05) is 0 Å². The summed E-state index contributed by atoms with van der Waals surface area (Å²) < 4.78 is 30.4. The Morgan fingerprint density at radius 3 is 2.68 bits per heavy atom. The van der Waals surface area contributed by atoms with Crippen molar-refractivity contribution in [2.75, 3.05) is 11.9 Å². The number of halogens is 4. The van der Waals surface area contributed by atoms with E-state index in [2.05, 4.69) is 15.6 Å². The molecule has 0 aliphatic carbocycles. The summed E-state index contributed by atoms with van der Waals surface area (Å²) in [5.74, 6) is -4.34. The van der Waals surface area contributed by atoms with Crippen LogP contribution in [0.15, 0.2) is 53.6 Å². The Hall–Kier alpha value is -3.24. The topological polar surface area (TPSA) is 103 Å². The second-order valence-corrected chi connectivity index (χ2v) is 8.53. The minimum Gasteiger partial charge on any atom is -0.618 e. The largest absolute Gasteiger partial charge is 0.618 e. The fourth-order valence-electron chi connectivity index (χ4n) is 3.80. The molecule has 2 N–H and O–H groups in total. The summed E-state index contributed by atoms with van der Waals surface area (Å²) in [5.41, 5.74) is -0.414. The lowest BCUT2D eigenvalue weighted by Crippen LogP contribution is -2.42. The van der Waals surface area contributed by atoms with E-state index in [1.54, 1.807) is 18.2 Å². The summed E-state index contributed by atoms with van der Waals surface area (Å²) in [6.07, 6.45) is 3.10. The van der Waals surface area contributed by atoms with Gasteiger partial charge < -0.3 is 15.8 Å². The number of nitrogens with one attached hydrogen (secondary N) is 2. The van der Waals surface area contributed by atoms with Crippen molar-refractivity contribution in [1.82, 2.24) is 14.9 Å². The standard InChI is InChI=1S/C22H19Cl2F2N5O3/c23-15-4-3-5-16(24)14(15)11-28-20(32)17-8-7-13-10-27-19(21(33)31(13)17)29-12-22(25,26)18-6-1-2-9-30(18)34/h1-6,9-10,17H,7-8,11-12H2,(H,27,29)(H,28,32). The van der Waals surface area contributed by atoms with E-state index in [9.17, 15) is 23.6 Å². The zero-order valence-corrected chi connectivity index (χ0v) is 19.1. The van der Waals surface area contributed by atoms with Gasteiger partial charge in [0.1, 0.15) is 6.04 Å². The Bertz CT molecular complexity index is 1280. The van der Waals surface area contributed by atoms with Crippen LogP contribution in [0.5, 0.6) is 0 Å². The zero-order valence-electron chi connectivity index (χ0n) is 17.6. The highest BCUT2D eigenvalue weighted by Gasteiger charge is 2.40. The minimum absolute atomic E-state index is 0.0621. The third kappa shape index (κ3) is 4.69. The highest BCUT2D eigenvalue weighted by Crippen LogP contribution is 2.28. The molecule has 3 heterocycles. The smallest absolute Gasteiger partial charge is 0.347 e. The van der Waals surface area contributed by atoms with Crippen molar-refractivity contribution >= 4 is 34.9 Å². The molecule has 1 aliphatic rings. The lowest BCUT2D eigenvalue weighted by Gasteiger charge is -2.18. The van der Waals surface area contributed by atoms with Gasteiger partial charge in [0.05, 0.1) is 6.54 Å². The predicted molar refractivity (Wildman–Crippen MR) is 122 cm³/mol. The normalized spacial score (nSPS) is 15.1. The quantitative estimate of drug-likeness (QED) is 0.376. The first-order chi connectivity index (χ1) is 16.2. The molecule has 2 aromatic heterocycles. The van der Waals surface area contributed by atoms with Gasteiger partial charge >= 0.3 is 5.92 Å². The summed E-state index contributed by atoms with van der Waals surface area (Å²) in [6.45, 7) is -0.963. The molecule has 4 rings (SSSR count). The van der Waals surface area contributed by atoms with Gasteiger partial charge in [0.2, 0.25) is 5.91 Å². The molecule has 0 bridgehead atoms. The molecule has 0 radical (unpaired) electrons. The molecule has 1 atom stereocenters. The summed E-state index contributed by atoms with van der Waals surface area (Å²) in [5, 5.41) is 17.5. The molecule has 0 fully saturated rings. The zero-order chi connectivity index (χ0) is 24.5. The van der Waals surface area contributed by atoms with Crippen LogP contribution in [0.2, 0.25) is 10.0 Å². The maximum Gasteiger partial charge on any atom is 0.347 e. The number of nitrogens with zero attached hydrogens (tertiary/aromatic N) is 3. The molecule has 8 nitrogen and oxygen atoms in total. The van der Waals surface area contributed by atoms with Gasteiger partial charge in [0.25, 0.3) is 11.3 Å². The first-order valence-electron chi connectivity index (χ1n) is 10.3. The number of carbonyl (C=O) groups excluding carboxylic acids is 1. The van der Waals surface area contributed by atoms with Crippen LogP contribution in [0.25, 0.3) is 0 Å². The third-order valence-corrected chi connectivity index (χ3v) is 6.25. The molecular formula is C22H19Cl2F2N5O3.